The molecule has 2 aromatic carbocycles. The molecule has 1 aromatic heterocycles. The molecule has 6 heteroatoms. The fourth-order valence-electron chi connectivity index (χ4n) is 6.17. The standard InChI is InChI=1S/C30H40N4O2/c1-6-29(35)31-24-9-8-22-14-21(15-23(22)16-24)17-33-12-11-27(28(18-33)36-5)34-26-10-7-20(4)13-25(26)32-30(34)19(2)3/h7-10,13,16,19,21,27-28H,6,11-12,14-15,17-18H2,1-5H3,(H,31,35)/t21-,27?,28?/m1/s1. The zero-order valence-electron chi connectivity index (χ0n) is 22.4. The van der Waals surface area contributed by atoms with Gasteiger partial charge in [0, 0.05) is 44.8 Å². The highest BCUT2D eigenvalue weighted by molar-refractivity contribution is 5.90. The second-order valence-corrected chi connectivity index (χ2v) is 11.0. The summed E-state index contributed by atoms with van der Waals surface area (Å²) in [7, 11) is 1.86. The Hall–Kier alpha value is -2.70. The summed E-state index contributed by atoms with van der Waals surface area (Å²) < 4.78 is 8.60. The largest absolute Gasteiger partial charge is 0.378 e. The highest BCUT2D eigenvalue weighted by atomic mass is 16.5. The van der Waals surface area contributed by atoms with Crippen LogP contribution in [0.3, 0.4) is 0 Å². The molecule has 2 heterocycles. The van der Waals surface area contributed by atoms with E-state index in [1.54, 1.807) is 0 Å². The minimum absolute atomic E-state index is 0.0689. The average molecular weight is 489 g/mol. The molecule has 1 amide bonds. The Kier molecular flexibility index (Phi) is 7.18. The second kappa shape index (κ2) is 10.3. The molecule has 0 saturated carbocycles. The van der Waals surface area contributed by atoms with E-state index in [0.717, 1.165) is 55.9 Å². The van der Waals surface area contributed by atoms with Crippen molar-refractivity contribution in [2.24, 2.45) is 5.92 Å². The van der Waals surface area contributed by atoms with Crippen LogP contribution in [0.15, 0.2) is 36.4 Å². The summed E-state index contributed by atoms with van der Waals surface area (Å²) in [5.74, 6) is 2.19. The summed E-state index contributed by atoms with van der Waals surface area (Å²) in [6, 6.07) is 13.3. The number of likely N-dealkylation sites (tertiary alicyclic amines) is 1. The van der Waals surface area contributed by atoms with Gasteiger partial charge in [-0.3, -0.25) is 4.79 Å². The topological polar surface area (TPSA) is 59.4 Å². The molecule has 1 aliphatic heterocycles. The van der Waals surface area contributed by atoms with Gasteiger partial charge in [-0.2, -0.15) is 0 Å². The van der Waals surface area contributed by atoms with Crippen LogP contribution in [0.2, 0.25) is 0 Å². The molecule has 1 saturated heterocycles. The number of ether oxygens (including phenoxy) is 1. The van der Waals surface area contributed by atoms with Gasteiger partial charge in [0.2, 0.25) is 5.91 Å². The molecule has 0 radical (unpaired) electrons. The van der Waals surface area contributed by atoms with Crippen LogP contribution in [-0.2, 0) is 22.4 Å². The number of hydrogen-bond acceptors (Lipinski definition) is 4. The van der Waals surface area contributed by atoms with Crippen LogP contribution < -0.4 is 5.32 Å². The van der Waals surface area contributed by atoms with Crippen molar-refractivity contribution in [2.75, 3.05) is 32.1 Å². The minimum atomic E-state index is 0.0689. The lowest BCUT2D eigenvalue weighted by Crippen LogP contribution is -2.47. The maximum absolute atomic E-state index is 11.8. The Balaban J connectivity index is 1.28. The van der Waals surface area contributed by atoms with Gasteiger partial charge in [0.15, 0.2) is 0 Å². The summed E-state index contributed by atoms with van der Waals surface area (Å²) in [6.07, 6.45) is 3.88. The Labute approximate surface area is 215 Å². The minimum Gasteiger partial charge on any atom is -0.378 e. The van der Waals surface area contributed by atoms with E-state index in [1.165, 1.54) is 22.2 Å². The Morgan fingerprint density at radius 3 is 2.72 bits per heavy atom. The van der Waals surface area contributed by atoms with Crippen molar-refractivity contribution in [3.05, 3.63) is 58.9 Å². The summed E-state index contributed by atoms with van der Waals surface area (Å²) in [5.41, 5.74) is 7.29. The number of carbonyl (C=O) groups is 1. The highest BCUT2D eigenvalue weighted by Crippen LogP contribution is 2.35. The molecule has 3 atom stereocenters. The number of nitrogens with zero attached hydrogens (tertiary/aromatic N) is 3. The maximum atomic E-state index is 11.8. The number of methoxy groups -OCH3 is 1. The highest BCUT2D eigenvalue weighted by Gasteiger charge is 2.35. The first-order valence-corrected chi connectivity index (χ1v) is 13.5. The summed E-state index contributed by atoms with van der Waals surface area (Å²) in [4.78, 5) is 19.4. The molecule has 192 valence electrons. The Morgan fingerprint density at radius 1 is 1.17 bits per heavy atom. The van der Waals surface area contributed by atoms with Gasteiger partial charge in [-0.15, -0.1) is 0 Å². The van der Waals surface area contributed by atoms with Crippen LogP contribution in [0, 0.1) is 12.8 Å². The van der Waals surface area contributed by atoms with Gasteiger partial charge in [0.05, 0.1) is 23.2 Å². The van der Waals surface area contributed by atoms with Crippen LogP contribution in [0.25, 0.3) is 11.0 Å². The normalized spacial score (nSPS) is 22.3. The zero-order chi connectivity index (χ0) is 25.4. The van der Waals surface area contributed by atoms with Crippen LogP contribution in [-0.4, -0.2) is 53.2 Å². The van der Waals surface area contributed by atoms with E-state index >= 15 is 0 Å². The predicted molar refractivity (Wildman–Crippen MR) is 146 cm³/mol. The number of aromatic nitrogens is 2. The zero-order valence-corrected chi connectivity index (χ0v) is 22.4. The third kappa shape index (κ3) is 4.94. The third-order valence-electron chi connectivity index (χ3n) is 7.98. The molecule has 36 heavy (non-hydrogen) atoms. The number of imidazole rings is 1. The number of carbonyl (C=O) groups excluding carboxylic acids is 1. The van der Waals surface area contributed by atoms with Gasteiger partial charge < -0.3 is 19.5 Å². The molecule has 2 aliphatic rings. The first-order valence-electron chi connectivity index (χ1n) is 13.5. The van der Waals surface area contributed by atoms with Gasteiger partial charge in [0.1, 0.15) is 5.82 Å². The number of hydrogen-bond donors (Lipinski definition) is 1. The Morgan fingerprint density at radius 2 is 1.97 bits per heavy atom. The number of fused-ring (bicyclic) bond motifs is 2. The number of amides is 1. The first-order chi connectivity index (χ1) is 17.4. The fourth-order valence-corrected chi connectivity index (χ4v) is 6.17. The van der Waals surface area contributed by atoms with Gasteiger partial charge in [-0.1, -0.05) is 32.9 Å². The van der Waals surface area contributed by atoms with E-state index in [2.05, 4.69) is 65.9 Å². The van der Waals surface area contributed by atoms with Gasteiger partial charge in [0.25, 0.3) is 0 Å². The molecular formula is C30H40N4O2. The smallest absolute Gasteiger partial charge is 0.224 e. The second-order valence-electron chi connectivity index (χ2n) is 11.0. The van der Waals surface area contributed by atoms with Crippen molar-refractivity contribution < 1.29 is 9.53 Å². The van der Waals surface area contributed by atoms with E-state index in [-0.39, 0.29) is 12.0 Å². The molecule has 0 spiro atoms. The van der Waals surface area contributed by atoms with Crippen molar-refractivity contribution in [3.63, 3.8) is 0 Å². The maximum Gasteiger partial charge on any atom is 0.224 e. The van der Waals surface area contributed by atoms with E-state index < -0.39 is 0 Å². The monoisotopic (exact) mass is 488 g/mol. The predicted octanol–water partition coefficient (Wildman–Crippen LogP) is 5.49. The van der Waals surface area contributed by atoms with E-state index in [4.69, 9.17) is 9.72 Å². The molecule has 6 nitrogen and oxygen atoms in total. The number of benzene rings is 2. The molecule has 5 rings (SSSR count). The van der Waals surface area contributed by atoms with E-state index in [1.807, 2.05) is 20.1 Å². The molecule has 1 aliphatic carbocycles. The Bertz CT molecular complexity index is 1250. The quantitative estimate of drug-likeness (QED) is 0.478. The SMILES string of the molecule is CCC(=O)Nc1ccc2c(c1)C[C@H](CN1CCC(n3c(C(C)C)nc4cc(C)ccc43)C(OC)C1)C2. The van der Waals surface area contributed by atoms with Crippen LogP contribution >= 0.6 is 0 Å². The number of rotatable bonds is 7. The summed E-state index contributed by atoms with van der Waals surface area (Å²) in [5, 5.41) is 3.00. The lowest BCUT2D eigenvalue weighted by atomic mass is 9.97. The van der Waals surface area contributed by atoms with Gasteiger partial charge >= 0.3 is 0 Å². The van der Waals surface area contributed by atoms with Crippen LogP contribution in [0.4, 0.5) is 5.69 Å². The summed E-state index contributed by atoms with van der Waals surface area (Å²) in [6.45, 7) is 11.6. The first kappa shape index (κ1) is 25.0. The van der Waals surface area contributed by atoms with Crippen molar-refractivity contribution in [1.29, 1.82) is 0 Å². The van der Waals surface area contributed by atoms with Crippen LogP contribution in [0.1, 0.15) is 68.1 Å². The average Bonchev–Trinajstić information content (AvgIpc) is 3.44. The number of nitrogens with one attached hydrogen (secondary N) is 1. The molecule has 3 aromatic rings. The molecule has 1 fully saturated rings. The molecule has 2 unspecified atom stereocenters. The number of anilines is 1. The van der Waals surface area contributed by atoms with Crippen molar-refractivity contribution in [1.82, 2.24) is 14.5 Å². The van der Waals surface area contributed by atoms with Crippen LogP contribution in [0.5, 0.6) is 0 Å². The van der Waals surface area contributed by atoms with E-state index in [9.17, 15) is 4.79 Å². The van der Waals surface area contributed by atoms with Crippen molar-refractivity contribution in [2.45, 2.75) is 71.4 Å². The fraction of sp³-hybridized carbons (Fsp3) is 0.533. The lowest BCUT2D eigenvalue weighted by Gasteiger charge is -2.40. The molecule has 0 bridgehead atoms. The van der Waals surface area contributed by atoms with Crippen molar-refractivity contribution in [3.8, 4) is 0 Å². The van der Waals surface area contributed by atoms with Gasteiger partial charge in [-0.05, 0) is 73.1 Å². The third-order valence-corrected chi connectivity index (χ3v) is 7.98. The number of piperidine rings is 1. The van der Waals surface area contributed by atoms with Crippen molar-refractivity contribution >= 4 is 22.6 Å². The summed E-state index contributed by atoms with van der Waals surface area (Å²) >= 11 is 0. The number of aryl methyl sites for hydroxylation is 1. The molecule has 1 N–H and O–H groups in total. The lowest BCUT2D eigenvalue weighted by molar-refractivity contribution is -0.115. The van der Waals surface area contributed by atoms with E-state index in [0.29, 0.717) is 24.3 Å². The van der Waals surface area contributed by atoms with Gasteiger partial charge in [-0.25, -0.2) is 4.98 Å². The molecular weight excluding hydrogens is 448 g/mol.